The molecule has 1 heterocycles. The third kappa shape index (κ3) is 4.38. The summed E-state index contributed by atoms with van der Waals surface area (Å²) in [5, 5.41) is 16.7. The molecule has 0 bridgehead atoms. The molecule has 0 aliphatic heterocycles. The van der Waals surface area contributed by atoms with E-state index in [1.54, 1.807) is 24.3 Å². The Morgan fingerprint density at radius 3 is 2.47 bits per heavy atom. The third-order valence-corrected chi connectivity index (χ3v) is 5.34. The summed E-state index contributed by atoms with van der Waals surface area (Å²) in [6.45, 7) is 1.16. The summed E-state index contributed by atoms with van der Waals surface area (Å²) in [4.78, 5) is 29.5. The number of hydrogen-bond donors (Lipinski definition) is 2. The minimum atomic E-state index is -0.431. The lowest BCUT2D eigenvalue weighted by Gasteiger charge is -2.10. The van der Waals surface area contributed by atoms with Crippen LogP contribution < -0.4 is 5.32 Å². The number of nitro groups is 1. The molecule has 0 saturated heterocycles. The van der Waals surface area contributed by atoms with Crippen LogP contribution in [-0.2, 0) is 0 Å². The molecule has 0 fully saturated rings. The second-order valence-electron chi connectivity index (χ2n) is 7.87. The maximum atomic E-state index is 13.0. The number of carbonyl (C=O) groups excluding carboxylic acids is 1. The van der Waals surface area contributed by atoms with Crippen LogP contribution >= 0.6 is 0 Å². The molecule has 0 unspecified atom stereocenters. The fraction of sp³-hybridized carbons (Fsp3) is 0.160. The van der Waals surface area contributed by atoms with Gasteiger partial charge in [-0.05, 0) is 48.6 Å². The Kier molecular flexibility index (Phi) is 6.00. The first-order valence-corrected chi connectivity index (χ1v) is 10.3. The maximum Gasteiger partial charge on any atom is 0.278 e. The molecule has 0 saturated carbocycles. The van der Waals surface area contributed by atoms with Crippen LogP contribution in [0.15, 0.2) is 72.8 Å². The zero-order valence-electron chi connectivity index (χ0n) is 18.0. The Morgan fingerprint density at radius 1 is 1.00 bits per heavy atom. The Labute approximate surface area is 185 Å². The van der Waals surface area contributed by atoms with Gasteiger partial charge in [-0.2, -0.15) is 0 Å². The SMILES string of the molecule is CN(C)CCNC(=O)c1cc(-c2ccc3ccccc3c2)[nH]c1-c1ccccc1[N+](=O)[O-]. The molecule has 3 aromatic carbocycles. The smallest absolute Gasteiger partial charge is 0.278 e. The Balaban J connectivity index is 1.81. The van der Waals surface area contributed by atoms with Gasteiger partial charge in [0.15, 0.2) is 0 Å². The van der Waals surface area contributed by atoms with Crippen LogP contribution in [0, 0.1) is 10.1 Å². The average Bonchev–Trinajstić information content (AvgIpc) is 3.24. The molecule has 2 N–H and O–H groups in total. The number of nitrogens with one attached hydrogen (secondary N) is 2. The Bertz CT molecular complexity index is 1290. The minimum absolute atomic E-state index is 0.0539. The predicted octanol–water partition coefficient (Wildman–Crippen LogP) is 4.70. The minimum Gasteiger partial charge on any atom is -0.354 e. The highest BCUT2D eigenvalue weighted by Gasteiger charge is 2.23. The number of aromatic nitrogens is 1. The lowest BCUT2D eigenvalue weighted by atomic mass is 10.0. The van der Waals surface area contributed by atoms with Crippen molar-refractivity contribution in [2.75, 3.05) is 27.2 Å². The van der Waals surface area contributed by atoms with Crippen molar-refractivity contribution in [2.24, 2.45) is 0 Å². The number of nitro benzene ring substituents is 1. The quantitative estimate of drug-likeness (QED) is 0.330. The van der Waals surface area contributed by atoms with Gasteiger partial charge in [0.1, 0.15) is 0 Å². The largest absolute Gasteiger partial charge is 0.354 e. The number of carbonyl (C=O) groups is 1. The lowest BCUT2D eigenvalue weighted by Crippen LogP contribution is -2.31. The molecule has 0 radical (unpaired) electrons. The first-order chi connectivity index (χ1) is 15.4. The van der Waals surface area contributed by atoms with Gasteiger partial charge in [0, 0.05) is 24.8 Å². The van der Waals surface area contributed by atoms with E-state index < -0.39 is 4.92 Å². The predicted molar refractivity (Wildman–Crippen MR) is 127 cm³/mol. The zero-order chi connectivity index (χ0) is 22.7. The number of nitrogens with zero attached hydrogens (tertiary/aromatic N) is 2. The number of benzene rings is 3. The highest BCUT2D eigenvalue weighted by molar-refractivity contribution is 6.03. The summed E-state index contributed by atoms with van der Waals surface area (Å²) in [6.07, 6.45) is 0. The second kappa shape index (κ2) is 9.03. The van der Waals surface area contributed by atoms with Crippen molar-refractivity contribution in [3.8, 4) is 22.5 Å². The first kappa shape index (κ1) is 21.3. The molecule has 7 heteroatoms. The van der Waals surface area contributed by atoms with Crippen LogP contribution in [0.25, 0.3) is 33.3 Å². The van der Waals surface area contributed by atoms with Crippen molar-refractivity contribution in [3.63, 3.8) is 0 Å². The summed E-state index contributed by atoms with van der Waals surface area (Å²) < 4.78 is 0. The van der Waals surface area contributed by atoms with Crippen molar-refractivity contribution in [2.45, 2.75) is 0 Å². The number of fused-ring (bicyclic) bond motifs is 1. The van der Waals surface area contributed by atoms with Gasteiger partial charge in [-0.3, -0.25) is 14.9 Å². The van der Waals surface area contributed by atoms with Crippen LogP contribution in [-0.4, -0.2) is 47.9 Å². The van der Waals surface area contributed by atoms with Gasteiger partial charge in [0.25, 0.3) is 11.6 Å². The molecule has 32 heavy (non-hydrogen) atoms. The Hall–Kier alpha value is -3.97. The first-order valence-electron chi connectivity index (χ1n) is 10.3. The summed E-state index contributed by atoms with van der Waals surface area (Å²) in [5.41, 5.74) is 2.76. The summed E-state index contributed by atoms with van der Waals surface area (Å²) in [5.74, 6) is -0.275. The van der Waals surface area contributed by atoms with E-state index in [1.165, 1.54) is 6.07 Å². The molecule has 1 aromatic heterocycles. The van der Waals surface area contributed by atoms with Gasteiger partial charge in [-0.1, -0.05) is 48.5 Å². The maximum absolute atomic E-state index is 13.0. The molecular weight excluding hydrogens is 404 g/mol. The highest BCUT2D eigenvalue weighted by Crippen LogP contribution is 2.35. The van der Waals surface area contributed by atoms with Crippen molar-refractivity contribution in [1.29, 1.82) is 0 Å². The van der Waals surface area contributed by atoms with Crippen LogP contribution in [0.1, 0.15) is 10.4 Å². The molecule has 0 spiro atoms. The molecule has 1 amide bonds. The van der Waals surface area contributed by atoms with Gasteiger partial charge in [0.05, 0.1) is 21.7 Å². The van der Waals surface area contributed by atoms with Crippen LogP contribution in [0.5, 0.6) is 0 Å². The van der Waals surface area contributed by atoms with E-state index in [4.69, 9.17) is 0 Å². The molecule has 0 aliphatic carbocycles. The summed E-state index contributed by atoms with van der Waals surface area (Å²) in [7, 11) is 3.86. The monoisotopic (exact) mass is 428 g/mol. The van der Waals surface area contributed by atoms with E-state index in [0.717, 1.165) is 22.0 Å². The number of para-hydroxylation sites is 1. The van der Waals surface area contributed by atoms with E-state index in [2.05, 4.69) is 10.3 Å². The van der Waals surface area contributed by atoms with E-state index in [-0.39, 0.29) is 11.6 Å². The van der Waals surface area contributed by atoms with Gasteiger partial charge >= 0.3 is 0 Å². The topological polar surface area (TPSA) is 91.3 Å². The van der Waals surface area contributed by atoms with Crippen molar-refractivity contribution in [3.05, 3.63) is 88.5 Å². The van der Waals surface area contributed by atoms with Gasteiger partial charge in [-0.25, -0.2) is 0 Å². The number of H-pyrrole nitrogens is 1. The molecule has 7 nitrogen and oxygen atoms in total. The average molecular weight is 428 g/mol. The van der Waals surface area contributed by atoms with Crippen molar-refractivity contribution in [1.82, 2.24) is 15.2 Å². The fourth-order valence-electron chi connectivity index (χ4n) is 3.69. The van der Waals surface area contributed by atoms with Gasteiger partial charge in [-0.15, -0.1) is 0 Å². The van der Waals surface area contributed by atoms with Crippen molar-refractivity contribution < 1.29 is 9.72 Å². The number of hydrogen-bond acceptors (Lipinski definition) is 4. The van der Waals surface area contributed by atoms with E-state index in [9.17, 15) is 14.9 Å². The Morgan fingerprint density at radius 2 is 1.72 bits per heavy atom. The zero-order valence-corrected chi connectivity index (χ0v) is 18.0. The number of likely N-dealkylation sites (N-methyl/N-ethyl adjacent to an activating group) is 1. The molecule has 4 aromatic rings. The molecule has 162 valence electrons. The molecule has 0 aliphatic rings. The second-order valence-corrected chi connectivity index (χ2v) is 7.87. The molecule has 4 rings (SSSR count). The normalized spacial score (nSPS) is 11.1. The van der Waals surface area contributed by atoms with Crippen molar-refractivity contribution >= 4 is 22.4 Å². The van der Waals surface area contributed by atoms with Gasteiger partial charge in [0.2, 0.25) is 0 Å². The standard InChI is InChI=1S/C25H24N4O3/c1-28(2)14-13-26-25(30)21-16-22(19-12-11-17-7-3-4-8-18(17)15-19)27-24(21)20-9-5-6-10-23(20)29(31)32/h3-12,15-16,27H,13-14H2,1-2H3,(H,26,30). The van der Waals surface area contributed by atoms with Crippen LogP contribution in [0.4, 0.5) is 5.69 Å². The van der Waals surface area contributed by atoms with E-state index in [1.807, 2.05) is 61.5 Å². The lowest BCUT2D eigenvalue weighted by molar-refractivity contribution is -0.384. The van der Waals surface area contributed by atoms with E-state index in [0.29, 0.717) is 29.9 Å². The summed E-state index contributed by atoms with van der Waals surface area (Å²) in [6, 6.07) is 22.3. The number of rotatable bonds is 7. The van der Waals surface area contributed by atoms with Gasteiger partial charge < -0.3 is 15.2 Å². The fourth-order valence-corrected chi connectivity index (χ4v) is 3.69. The summed E-state index contributed by atoms with van der Waals surface area (Å²) >= 11 is 0. The molecule has 0 atom stereocenters. The molecular formula is C25H24N4O3. The third-order valence-electron chi connectivity index (χ3n) is 5.34. The van der Waals surface area contributed by atoms with Crippen LogP contribution in [0.2, 0.25) is 0 Å². The van der Waals surface area contributed by atoms with E-state index >= 15 is 0 Å². The van der Waals surface area contributed by atoms with Crippen LogP contribution in [0.3, 0.4) is 0 Å². The number of amides is 1. The highest BCUT2D eigenvalue weighted by atomic mass is 16.6. The number of aromatic amines is 1.